The van der Waals surface area contributed by atoms with Gasteiger partial charge in [0.05, 0.1) is 18.6 Å². The summed E-state index contributed by atoms with van der Waals surface area (Å²) in [6, 6.07) is 5.69. The van der Waals surface area contributed by atoms with Crippen molar-refractivity contribution in [2.75, 3.05) is 13.3 Å². The Morgan fingerprint density at radius 2 is 1.91 bits per heavy atom. The van der Waals surface area contributed by atoms with Gasteiger partial charge in [0.25, 0.3) is 0 Å². The maximum Gasteiger partial charge on any atom is 0.306 e. The average molecular weight is 326 g/mol. The predicted molar refractivity (Wildman–Crippen MR) is 82.0 cm³/mol. The van der Waals surface area contributed by atoms with E-state index in [1.54, 1.807) is 24.3 Å². The number of alkyl halides is 1. The quantitative estimate of drug-likeness (QED) is 0.590. The van der Waals surface area contributed by atoms with E-state index in [4.69, 9.17) is 15.6 Å². The third kappa shape index (κ3) is 6.33. The molecule has 6 nitrogen and oxygen atoms in total. The number of carbonyl (C=O) groups is 2. The highest BCUT2D eigenvalue weighted by atomic mass is 18.2. The zero-order valence-electron chi connectivity index (χ0n) is 12.9. The minimum Gasteiger partial charge on any atom is -0.485 e. The molecule has 23 heavy (non-hydrogen) atoms. The van der Waals surface area contributed by atoms with Gasteiger partial charge in [-0.1, -0.05) is 12.1 Å². The molecule has 128 valence electrons. The van der Waals surface area contributed by atoms with Crippen LogP contribution in [0.15, 0.2) is 24.3 Å². The van der Waals surface area contributed by atoms with Crippen LogP contribution in [-0.4, -0.2) is 47.4 Å². The molecule has 0 aromatic heterocycles. The van der Waals surface area contributed by atoms with Crippen LogP contribution in [0, 0.1) is 5.92 Å². The number of halogens is 1. The van der Waals surface area contributed by atoms with Crippen LogP contribution in [-0.2, 0) is 16.0 Å². The van der Waals surface area contributed by atoms with Gasteiger partial charge in [-0.25, -0.2) is 4.39 Å². The summed E-state index contributed by atoms with van der Waals surface area (Å²) in [5, 5.41) is 18.1. The summed E-state index contributed by atoms with van der Waals surface area (Å²) in [6.07, 6.45) is -0.623. The highest BCUT2D eigenvalue weighted by Gasteiger charge is 2.23. The van der Waals surface area contributed by atoms with E-state index in [-0.39, 0.29) is 18.6 Å². The Morgan fingerprint density at radius 1 is 1.30 bits per heavy atom. The number of ether oxygens (including phenoxy) is 1. The Labute approximate surface area is 134 Å². The summed E-state index contributed by atoms with van der Waals surface area (Å²) < 4.78 is 17.7. The molecule has 1 aromatic rings. The molecule has 0 aliphatic heterocycles. The Hall–Kier alpha value is -1.99. The van der Waals surface area contributed by atoms with Gasteiger partial charge < -0.3 is 20.7 Å². The standard InChI is InChI=1S/C16H22FNO5/c1-10(20)15(18)7-12(16(21)22)6-11-2-4-13(5-3-11)23-14(8-17)9-19/h2-5,12,14-15,19H,6-9,18H2,1H3,(H,21,22)/t12-,14?,15-/m0/s1/i17-1. The van der Waals surface area contributed by atoms with E-state index in [1.807, 2.05) is 0 Å². The molecule has 0 bridgehead atoms. The highest BCUT2D eigenvalue weighted by molar-refractivity contribution is 5.82. The maximum absolute atomic E-state index is 12.5. The first-order chi connectivity index (χ1) is 10.9. The molecule has 1 unspecified atom stereocenters. The van der Waals surface area contributed by atoms with Crippen LogP contribution in [0.3, 0.4) is 0 Å². The van der Waals surface area contributed by atoms with Gasteiger partial charge in [-0.3, -0.25) is 9.59 Å². The first-order valence-electron chi connectivity index (χ1n) is 7.28. The van der Waals surface area contributed by atoms with Crippen molar-refractivity contribution in [1.29, 1.82) is 0 Å². The van der Waals surface area contributed by atoms with Gasteiger partial charge in [-0.2, -0.15) is 0 Å². The molecule has 0 heterocycles. The van der Waals surface area contributed by atoms with Crippen LogP contribution < -0.4 is 10.5 Å². The van der Waals surface area contributed by atoms with Gasteiger partial charge in [0, 0.05) is 0 Å². The number of ketones is 1. The van der Waals surface area contributed by atoms with Crippen LogP contribution in [0.1, 0.15) is 18.9 Å². The smallest absolute Gasteiger partial charge is 0.306 e. The van der Waals surface area contributed by atoms with Crippen molar-refractivity contribution in [3.63, 3.8) is 0 Å². The molecule has 0 aliphatic rings. The van der Waals surface area contributed by atoms with Gasteiger partial charge in [0.15, 0.2) is 0 Å². The van der Waals surface area contributed by atoms with E-state index in [1.165, 1.54) is 6.92 Å². The van der Waals surface area contributed by atoms with Crippen molar-refractivity contribution in [3.8, 4) is 5.75 Å². The van der Waals surface area contributed by atoms with Crippen molar-refractivity contribution in [2.45, 2.75) is 31.9 Å². The monoisotopic (exact) mass is 326 g/mol. The highest BCUT2D eigenvalue weighted by Crippen LogP contribution is 2.19. The molecular formula is C16H22FNO5. The second-order valence-electron chi connectivity index (χ2n) is 5.41. The zero-order valence-corrected chi connectivity index (χ0v) is 12.9. The van der Waals surface area contributed by atoms with E-state index in [0.717, 1.165) is 5.56 Å². The van der Waals surface area contributed by atoms with Crippen molar-refractivity contribution in [3.05, 3.63) is 29.8 Å². The lowest BCUT2D eigenvalue weighted by atomic mass is 9.92. The SMILES string of the molecule is CC(=O)[C@@H](N)C[C@H](Cc1ccc(OC(CO)C[18F])cc1)C(=O)O. The number of Topliss-reactive ketones (excluding diaryl/α,β-unsaturated/α-hetero) is 1. The number of rotatable bonds is 10. The predicted octanol–water partition coefficient (Wildman–Crippen LogP) is 0.945. The number of nitrogens with two attached hydrogens (primary N) is 1. The van der Waals surface area contributed by atoms with E-state index in [0.29, 0.717) is 5.75 Å². The fraction of sp³-hybridized carbons (Fsp3) is 0.500. The Morgan fingerprint density at radius 3 is 2.35 bits per heavy atom. The van der Waals surface area contributed by atoms with Gasteiger partial charge >= 0.3 is 5.97 Å². The zero-order chi connectivity index (χ0) is 17.4. The molecule has 0 fully saturated rings. The van der Waals surface area contributed by atoms with Crippen molar-refractivity contribution >= 4 is 11.8 Å². The number of hydrogen-bond donors (Lipinski definition) is 3. The second kappa shape index (κ2) is 9.22. The van der Waals surface area contributed by atoms with Crippen LogP contribution in [0.25, 0.3) is 0 Å². The van der Waals surface area contributed by atoms with Gasteiger partial charge in [0.1, 0.15) is 24.3 Å². The topological polar surface area (TPSA) is 110 Å². The number of aliphatic hydroxyl groups excluding tert-OH is 1. The molecule has 7 heteroatoms. The summed E-state index contributed by atoms with van der Waals surface area (Å²) in [5.74, 6) is -1.64. The number of hydrogen-bond acceptors (Lipinski definition) is 5. The van der Waals surface area contributed by atoms with E-state index >= 15 is 0 Å². The summed E-state index contributed by atoms with van der Waals surface area (Å²) in [6.45, 7) is 0.0999. The van der Waals surface area contributed by atoms with Gasteiger partial charge in [-0.15, -0.1) is 0 Å². The summed E-state index contributed by atoms with van der Waals surface area (Å²) in [5.41, 5.74) is 6.36. The second-order valence-corrected chi connectivity index (χ2v) is 5.41. The van der Waals surface area contributed by atoms with Crippen LogP contribution in [0.5, 0.6) is 5.75 Å². The normalized spacial score (nSPS) is 14.8. The maximum atomic E-state index is 12.5. The minimum absolute atomic E-state index is 0.0668. The Kier molecular flexibility index (Phi) is 7.64. The fourth-order valence-electron chi connectivity index (χ4n) is 2.04. The molecule has 0 amide bonds. The lowest BCUT2D eigenvalue weighted by Gasteiger charge is -2.17. The molecular weight excluding hydrogens is 304 g/mol. The number of carboxylic acids is 1. The molecule has 0 saturated carbocycles. The lowest BCUT2D eigenvalue weighted by molar-refractivity contribution is -0.142. The van der Waals surface area contributed by atoms with E-state index in [2.05, 4.69) is 0 Å². The Balaban J connectivity index is 2.70. The van der Waals surface area contributed by atoms with Crippen molar-refractivity contribution < 1.29 is 28.9 Å². The number of benzene rings is 1. The first-order valence-corrected chi connectivity index (χ1v) is 7.28. The number of carboxylic acid groups (broad SMARTS) is 1. The number of carbonyl (C=O) groups excluding carboxylic acids is 1. The summed E-state index contributed by atoms with van der Waals surface area (Å²) in [4.78, 5) is 22.5. The van der Waals surface area contributed by atoms with Crippen LogP contribution in [0.4, 0.5) is 4.39 Å². The number of aliphatic hydroxyl groups is 1. The molecule has 3 atom stereocenters. The summed E-state index contributed by atoms with van der Waals surface area (Å²) in [7, 11) is 0. The molecule has 0 spiro atoms. The third-order valence-corrected chi connectivity index (χ3v) is 3.49. The first kappa shape index (κ1) is 19.1. The molecule has 0 saturated heterocycles. The van der Waals surface area contributed by atoms with Gasteiger partial charge in [0.2, 0.25) is 0 Å². The third-order valence-electron chi connectivity index (χ3n) is 3.49. The molecule has 0 aliphatic carbocycles. The van der Waals surface area contributed by atoms with E-state index < -0.39 is 37.3 Å². The molecule has 1 rings (SSSR count). The van der Waals surface area contributed by atoms with Crippen LogP contribution >= 0.6 is 0 Å². The Bertz CT molecular complexity index is 516. The van der Waals surface area contributed by atoms with Gasteiger partial charge in [-0.05, 0) is 37.5 Å². The average Bonchev–Trinajstić information content (AvgIpc) is 2.53. The molecule has 4 N–H and O–H groups in total. The fourth-order valence-corrected chi connectivity index (χ4v) is 2.04. The minimum atomic E-state index is -1.01. The summed E-state index contributed by atoms with van der Waals surface area (Å²) >= 11 is 0. The molecule has 1 aromatic carbocycles. The van der Waals surface area contributed by atoms with Crippen molar-refractivity contribution in [2.24, 2.45) is 11.7 Å². The molecule has 0 radical (unpaired) electrons. The largest absolute Gasteiger partial charge is 0.485 e. The lowest BCUT2D eigenvalue weighted by Crippen LogP contribution is -2.33. The van der Waals surface area contributed by atoms with Crippen molar-refractivity contribution in [1.82, 2.24) is 0 Å². The van der Waals surface area contributed by atoms with Crippen LogP contribution in [0.2, 0.25) is 0 Å². The number of aliphatic carboxylic acids is 1. The van der Waals surface area contributed by atoms with E-state index in [9.17, 15) is 19.1 Å².